The van der Waals surface area contributed by atoms with Crippen molar-refractivity contribution < 1.29 is 18.0 Å². The quantitative estimate of drug-likeness (QED) is 0.821. The number of halogens is 3. The van der Waals surface area contributed by atoms with Crippen LogP contribution in [0.25, 0.3) is 0 Å². The summed E-state index contributed by atoms with van der Waals surface area (Å²) in [6.45, 7) is 0.727. The number of alkyl halides is 3. The molecule has 0 saturated heterocycles. The topological polar surface area (TPSA) is 41.1 Å². The smallest absolute Gasteiger partial charge is 0.384 e. The van der Waals surface area contributed by atoms with Crippen molar-refractivity contribution in [2.75, 3.05) is 11.9 Å². The van der Waals surface area contributed by atoms with E-state index in [-0.39, 0.29) is 5.92 Å². The number of anilines is 1. The van der Waals surface area contributed by atoms with E-state index < -0.39 is 18.1 Å². The van der Waals surface area contributed by atoms with E-state index in [1.165, 1.54) is 5.56 Å². The van der Waals surface area contributed by atoms with Crippen molar-refractivity contribution in [1.82, 2.24) is 5.32 Å². The molecular formula is C13H13F3N2O. The number of carbonyl (C=O) groups is 1. The fraction of sp³-hybridized carbons (Fsp3) is 0.462. The Labute approximate surface area is 108 Å². The Bertz CT molecular complexity index is 527. The molecule has 0 spiro atoms. The standard InChI is InChI=1S/C13H13F3N2O/c14-13(15,16)12(19)18-9-4-7-2-1-3-10-11(7)8(5-9)6-17-10/h1-3,8-9,17H,4-6H2,(H,18,19). The highest BCUT2D eigenvalue weighted by atomic mass is 19.4. The van der Waals surface area contributed by atoms with Gasteiger partial charge in [0, 0.05) is 24.2 Å². The summed E-state index contributed by atoms with van der Waals surface area (Å²) in [5, 5.41) is 5.35. The minimum absolute atomic E-state index is 0.193. The van der Waals surface area contributed by atoms with Crippen molar-refractivity contribution in [3.05, 3.63) is 29.3 Å². The largest absolute Gasteiger partial charge is 0.471 e. The number of hydrogen-bond donors (Lipinski definition) is 2. The van der Waals surface area contributed by atoms with Gasteiger partial charge in [0.1, 0.15) is 0 Å². The van der Waals surface area contributed by atoms with Gasteiger partial charge in [-0.2, -0.15) is 13.2 Å². The Morgan fingerprint density at radius 3 is 2.89 bits per heavy atom. The molecule has 3 nitrogen and oxygen atoms in total. The Kier molecular flexibility index (Phi) is 2.69. The van der Waals surface area contributed by atoms with Gasteiger partial charge >= 0.3 is 12.1 Å². The first-order valence-electron chi connectivity index (χ1n) is 6.18. The molecule has 6 heteroatoms. The summed E-state index contributed by atoms with van der Waals surface area (Å²) in [4.78, 5) is 11.0. The Morgan fingerprint density at radius 2 is 2.16 bits per heavy atom. The molecule has 2 unspecified atom stereocenters. The van der Waals surface area contributed by atoms with Gasteiger partial charge in [-0.15, -0.1) is 0 Å². The van der Waals surface area contributed by atoms with Crippen LogP contribution in [0.4, 0.5) is 18.9 Å². The van der Waals surface area contributed by atoms with Crippen LogP contribution >= 0.6 is 0 Å². The number of hydrogen-bond acceptors (Lipinski definition) is 2. The second-order valence-corrected chi connectivity index (χ2v) is 5.06. The van der Waals surface area contributed by atoms with Gasteiger partial charge in [-0.3, -0.25) is 4.79 Å². The molecule has 2 atom stereocenters. The number of rotatable bonds is 1. The minimum atomic E-state index is -4.81. The van der Waals surface area contributed by atoms with E-state index in [0.717, 1.165) is 17.8 Å². The van der Waals surface area contributed by atoms with E-state index in [4.69, 9.17) is 0 Å². The van der Waals surface area contributed by atoms with Crippen LogP contribution in [0.1, 0.15) is 23.5 Å². The van der Waals surface area contributed by atoms with E-state index >= 15 is 0 Å². The van der Waals surface area contributed by atoms with Gasteiger partial charge in [-0.1, -0.05) is 12.1 Å². The van der Waals surface area contributed by atoms with Gasteiger partial charge in [-0.25, -0.2) is 0 Å². The highest BCUT2D eigenvalue weighted by Gasteiger charge is 2.41. The third kappa shape index (κ3) is 2.15. The summed E-state index contributed by atoms with van der Waals surface area (Å²) < 4.78 is 36.8. The molecule has 1 heterocycles. The lowest BCUT2D eigenvalue weighted by atomic mass is 9.81. The molecule has 0 bridgehead atoms. The molecule has 19 heavy (non-hydrogen) atoms. The summed E-state index contributed by atoms with van der Waals surface area (Å²) >= 11 is 0. The molecule has 0 aromatic heterocycles. The normalized spacial score (nSPS) is 24.6. The second kappa shape index (κ2) is 4.15. The van der Waals surface area contributed by atoms with Crippen LogP contribution in [0.2, 0.25) is 0 Å². The van der Waals surface area contributed by atoms with Crippen LogP contribution in [0.15, 0.2) is 18.2 Å². The van der Waals surface area contributed by atoms with E-state index in [1.54, 1.807) is 0 Å². The molecule has 2 N–H and O–H groups in total. The summed E-state index contributed by atoms with van der Waals surface area (Å²) in [6.07, 6.45) is -3.79. The van der Waals surface area contributed by atoms with Gasteiger partial charge in [-0.05, 0) is 30.0 Å². The predicted molar refractivity (Wildman–Crippen MR) is 64.0 cm³/mol. The Balaban J connectivity index is 1.79. The predicted octanol–water partition coefficient (Wildman–Crippen LogP) is 2.19. The zero-order valence-electron chi connectivity index (χ0n) is 10.1. The zero-order valence-corrected chi connectivity index (χ0v) is 10.1. The molecule has 3 rings (SSSR count). The minimum Gasteiger partial charge on any atom is -0.384 e. The van der Waals surface area contributed by atoms with Crippen molar-refractivity contribution in [3.8, 4) is 0 Å². The van der Waals surface area contributed by atoms with Crippen molar-refractivity contribution in [2.45, 2.75) is 31.0 Å². The van der Waals surface area contributed by atoms with Crippen LogP contribution in [0.3, 0.4) is 0 Å². The SMILES string of the molecule is O=C(NC1Cc2cccc3c2C(CN3)C1)C(F)(F)F. The summed E-state index contributed by atoms with van der Waals surface area (Å²) in [5.74, 6) is -1.65. The summed E-state index contributed by atoms with van der Waals surface area (Å²) in [6, 6.07) is 5.34. The molecule has 1 aromatic rings. The average molecular weight is 270 g/mol. The molecule has 0 fully saturated rings. The molecule has 1 aliphatic heterocycles. The van der Waals surface area contributed by atoms with Crippen molar-refractivity contribution in [3.63, 3.8) is 0 Å². The average Bonchev–Trinajstić information content (AvgIpc) is 2.73. The number of carbonyl (C=O) groups excluding carboxylic acids is 1. The van der Waals surface area contributed by atoms with Crippen molar-refractivity contribution in [1.29, 1.82) is 0 Å². The first-order valence-corrected chi connectivity index (χ1v) is 6.18. The van der Waals surface area contributed by atoms with Gasteiger partial charge in [0.25, 0.3) is 0 Å². The highest BCUT2D eigenvalue weighted by molar-refractivity contribution is 5.82. The highest BCUT2D eigenvalue weighted by Crippen LogP contribution is 2.41. The maximum atomic E-state index is 12.3. The first-order chi connectivity index (χ1) is 8.95. The summed E-state index contributed by atoms with van der Waals surface area (Å²) in [5.41, 5.74) is 3.31. The Morgan fingerprint density at radius 1 is 1.37 bits per heavy atom. The lowest BCUT2D eigenvalue weighted by Crippen LogP contribution is -2.46. The van der Waals surface area contributed by atoms with Gasteiger partial charge in [0.05, 0.1) is 0 Å². The van der Waals surface area contributed by atoms with Crippen LogP contribution in [-0.2, 0) is 11.2 Å². The van der Waals surface area contributed by atoms with E-state index in [0.29, 0.717) is 12.8 Å². The third-order valence-corrected chi connectivity index (χ3v) is 3.77. The van der Waals surface area contributed by atoms with Crippen LogP contribution in [0.5, 0.6) is 0 Å². The second-order valence-electron chi connectivity index (χ2n) is 5.06. The molecule has 0 radical (unpaired) electrons. The van der Waals surface area contributed by atoms with Crippen LogP contribution in [-0.4, -0.2) is 24.7 Å². The molecule has 0 saturated carbocycles. The molecule has 1 amide bonds. The van der Waals surface area contributed by atoms with Gasteiger partial charge in [0.2, 0.25) is 0 Å². The maximum absolute atomic E-state index is 12.3. The Hall–Kier alpha value is -1.72. The molecule has 102 valence electrons. The summed E-state index contributed by atoms with van der Waals surface area (Å²) in [7, 11) is 0. The van der Waals surface area contributed by atoms with Crippen LogP contribution < -0.4 is 10.6 Å². The zero-order chi connectivity index (χ0) is 13.6. The van der Waals surface area contributed by atoms with Crippen LogP contribution in [0, 0.1) is 0 Å². The fourth-order valence-electron chi connectivity index (χ4n) is 3.03. The third-order valence-electron chi connectivity index (χ3n) is 3.77. The number of amides is 1. The molecule has 1 aromatic carbocycles. The van der Waals surface area contributed by atoms with Gasteiger partial charge in [0.15, 0.2) is 0 Å². The monoisotopic (exact) mass is 270 g/mol. The maximum Gasteiger partial charge on any atom is 0.471 e. The van der Waals surface area contributed by atoms with E-state index in [9.17, 15) is 18.0 Å². The molecular weight excluding hydrogens is 257 g/mol. The van der Waals surface area contributed by atoms with Crippen molar-refractivity contribution in [2.24, 2.45) is 0 Å². The van der Waals surface area contributed by atoms with Crippen molar-refractivity contribution >= 4 is 11.6 Å². The lowest BCUT2D eigenvalue weighted by Gasteiger charge is -2.29. The fourth-order valence-corrected chi connectivity index (χ4v) is 3.03. The number of benzene rings is 1. The first kappa shape index (κ1) is 12.3. The lowest BCUT2D eigenvalue weighted by molar-refractivity contribution is -0.174. The molecule has 1 aliphatic carbocycles. The molecule has 2 aliphatic rings. The number of nitrogens with one attached hydrogen (secondary N) is 2. The van der Waals surface area contributed by atoms with E-state index in [2.05, 4.69) is 10.6 Å². The van der Waals surface area contributed by atoms with E-state index in [1.807, 2.05) is 18.2 Å². The van der Waals surface area contributed by atoms with Gasteiger partial charge < -0.3 is 10.6 Å².